The Morgan fingerprint density at radius 1 is 1.12 bits per heavy atom. The van der Waals surface area contributed by atoms with Gasteiger partial charge in [0.05, 0.1) is 17.3 Å². The molecule has 5 rings (SSSR count). The molecule has 0 spiro atoms. The number of halogens is 2. The summed E-state index contributed by atoms with van der Waals surface area (Å²) >= 11 is 6.00. The fourth-order valence-electron chi connectivity index (χ4n) is 4.18. The van der Waals surface area contributed by atoms with E-state index >= 15 is 0 Å². The van der Waals surface area contributed by atoms with Crippen LogP contribution in [0.3, 0.4) is 0 Å². The summed E-state index contributed by atoms with van der Waals surface area (Å²) in [6.45, 7) is 1.28. The van der Waals surface area contributed by atoms with Crippen LogP contribution < -0.4 is 15.8 Å². The highest BCUT2D eigenvalue weighted by atomic mass is 35.5. The van der Waals surface area contributed by atoms with Crippen LogP contribution in [0.15, 0.2) is 71.7 Å². The minimum atomic E-state index is -0.385. The first-order valence-electron chi connectivity index (χ1n) is 10.6. The quantitative estimate of drug-likeness (QED) is 0.477. The normalized spacial score (nSPS) is 13.1. The average Bonchev–Trinajstić information content (AvgIpc) is 2.81. The minimum absolute atomic E-state index is 0.185. The van der Waals surface area contributed by atoms with Crippen molar-refractivity contribution in [2.45, 2.75) is 19.4 Å². The van der Waals surface area contributed by atoms with Gasteiger partial charge in [-0.25, -0.2) is 9.37 Å². The summed E-state index contributed by atoms with van der Waals surface area (Å²) in [6, 6.07) is 16.2. The van der Waals surface area contributed by atoms with E-state index in [4.69, 9.17) is 11.6 Å². The van der Waals surface area contributed by atoms with Gasteiger partial charge in [-0.05, 0) is 66.9 Å². The Balaban J connectivity index is 1.42. The summed E-state index contributed by atoms with van der Waals surface area (Å²) in [6.07, 6.45) is 3.28. The number of nitrogens with one attached hydrogen (secondary N) is 1. The number of fused-ring (bicyclic) bond motifs is 2. The Bertz CT molecular complexity index is 1420. The maximum Gasteiger partial charge on any atom is 0.258 e. The molecular weight excluding hydrogens is 443 g/mol. The van der Waals surface area contributed by atoms with E-state index < -0.39 is 0 Å². The lowest BCUT2D eigenvalue weighted by atomic mass is 9.99. The molecule has 3 heterocycles. The van der Waals surface area contributed by atoms with Crippen LogP contribution in [-0.2, 0) is 13.0 Å². The highest BCUT2D eigenvalue weighted by Crippen LogP contribution is 2.34. The molecule has 0 aliphatic carbocycles. The van der Waals surface area contributed by atoms with Gasteiger partial charge in [-0.2, -0.15) is 0 Å². The molecule has 0 atom stereocenters. The molecule has 1 aliphatic rings. The Morgan fingerprint density at radius 3 is 2.76 bits per heavy atom. The largest absolute Gasteiger partial charge is 0.365 e. The van der Waals surface area contributed by atoms with E-state index in [-0.39, 0.29) is 17.3 Å². The van der Waals surface area contributed by atoms with Gasteiger partial charge in [-0.3, -0.25) is 14.0 Å². The molecule has 1 amide bonds. The lowest BCUT2D eigenvalue weighted by Crippen LogP contribution is -2.31. The van der Waals surface area contributed by atoms with Gasteiger partial charge in [0.1, 0.15) is 11.5 Å². The molecule has 0 unspecified atom stereocenters. The first kappa shape index (κ1) is 21.2. The molecule has 1 N–H and O–H groups in total. The van der Waals surface area contributed by atoms with Crippen LogP contribution >= 0.6 is 11.6 Å². The predicted molar refractivity (Wildman–Crippen MR) is 127 cm³/mol. The summed E-state index contributed by atoms with van der Waals surface area (Å²) in [4.78, 5) is 32.0. The SMILES string of the molecule is O=C(Nc1cccc2c1CCCN2Cc1cc(=O)n2cc(Cl)ccc2n1)c1ccc(F)cc1. The molecule has 0 saturated carbocycles. The summed E-state index contributed by atoms with van der Waals surface area (Å²) in [5, 5.41) is 3.43. The number of pyridine rings is 1. The van der Waals surface area contributed by atoms with Crippen molar-refractivity contribution in [3.63, 3.8) is 0 Å². The average molecular weight is 463 g/mol. The number of anilines is 2. The van der Waals surface area contributed by atoms with Crippen molar-refractivity contribution in [1.29, 1.82) is 0 Å². The number of rotatable bonds is 4. The molecule has 0 bridgehead atoms. The number of amides is 1. The van der Waals surface area contributed by atoms with Gasteiger partial charge in [0.2, 0.25) is 0 Å². The van der Waals surface area contributed by atoms with Gasteiger partial charge in [-0.1, -0.05) is 17.7 Å². The van der Waals surface area contributed by atoms with Crippen LogP contribution in [0.2, 0.25) is 5.02 Å². The third kappa shape index (κ3) is 4.32. The Hall–Kier alpha value is -3.71. The molecule has 2 aromatic heterocycles. The fourth-order valence-corrected chi connectivity index (χ4v) is 4.34. The number of carbonyl (C=O) groups is 1. The van der Waals surface area contributed by atoms with E-state index in [1.54, 1.807) is 18.3 Å². The number of hydrogen-bond donors (Lipinski definition) is 1. The van der Waals surface area contributed by atoms with E-state index in [1.165, 1.54) is 34.7 Å². The molecule has 0 radical (unpaired) electrons. The summed E-state index contributed by atoms with van der Waals surface area (Å²) in [7, 11) is 0. The highest BCUT2D eigenvalue weighted by Gasteiger charge is 2.21. The smallest absolute Gasteiger partial charge is 0.258 e. The lowest BCUT2D eigenvalue weighted by Gasteiger charge is -2.32. The second-order valence-electron chi connectivity index (χ2n) is 7.95. The zero-order valence-electron chi connectivity index (χ0n) is 17.6. The van der Waals surface area contributed by atoms with Crippen molar-refractivity contribution < 1.29 is 9.18 Å². The number of aromatic nitrogens is 2. The van der Waals surface area contributed by atoms with E-state index in [2.05, 4.69) is 15.2 Å². The van der Waals surface area contributed by atoms with Gasteiger partial charge in [-0.15, -0.1) is 0 Å². The molecule has 4 aromatic rings. The zero-order valence-corrected chi connectivity index (χ0v) is 18.3. The molecule has 0 saturated heterocycles. The van der Waals surface area contributed by atoms with Crippen molar-refractivity contribution in [3.8, 4) is 0 Å². The van der Waals surface area contributed by atoms with Crippen LogP contribution in [-0.4, -0.2) is 21.8 Å². The van der Waals surface area contributed by atoms with Gasteiger partial charge in [0.25, 0.3) is 11.5 Å². The van der Waals surface area contributed by atoms with Gasteiger partial charge < -0.3 is 10.2 Å². The van der Waals surface area contributed by atoms with E-state index in [1.807, 2.05) is 18.2 Å². The molecule has 6 nitrogen and oxygen atoms in total. The highest BCUT2D eigenvalue weighted by molar-refractivity contribution is 6.30. The second kappa shape index (κ2) is 8.67. The predicted octanol–water partition coefficient (Wildman–Crippen LogP) is 4.69. The first-order chi connectivity index (χ1) is 16.0. The lowest BCUT2D eigenvalue weighted by molar-refractivity contribution is 0.102. The number of carbonyl (C=O) groups excluding carboxylic acids is 1. The standard InChI is InChI=1S/C25H20ClFN4O2/c26-17-8-11-23-28-19(13-24(32)31(23)14-17)15-30-12-2-3-20-21(4-1-5-22(20)30)29-25(33)16-6-9-18(27)10-7-16/h1,4-11,13-14H,2-3,12,15H2,(H,29,33). The van der Waals surface area contributed by atoms with E-state index in [0.717, 1.165) is 36.3 Å². The third-order valence-corrected chi connectivity index (χ3v) is 5.95. The van der Waals surface area contributed by atoms with Crippen molar-refractivity contribution >= 4 is 34.5 Å². The number of hydrogen-bond acceptors (Lipinski definition) is 4. The Labute approximate surface area is 194 Å². The summed E-state index contributed by atoms with van der Waals surface area (Å²) < 4.78 is 14.6. The minimum Gasteiger partial charge on any atom is -0.365 e. The molecular formula is C25H20ClFN4O2. The van der Waals surface area contributed by atoms with Crippen LogP contribution in [0, 0.1) is 5.82 Å². The van der Waals surface area contributed by atoms with E-state index in [0.29, 0.717) is 28.5 Å². The molecule has 2 aromatic carbocycles. The van der Waals surface area contributed by atoms with Crippen molar-refractivity contribution in [2.75, 3.05) is 16.8 Å². The first-order valence-corrected chi connectivity index (χ1v) is 11.0. The van der Waals surface area contributed by atoms with Gasteiger partial charge in [0, 0.05) is 35.7 Å². The van der Waals surface area contributed by atoms with Crippen LogP contribution in [0.1, 0.15) is 28.0 Å². The van der Waals surface area contributed by atoms with Crippen LogP contribution in [0.25, 0.3) is 5.65 Å². The Morgan fingerprint density at radius 2 is 1.94 bits per heavy atom. The zero-order chi connectivity index (χ0) is 22.9. The number of nitrogens with zero attached hydrogens (tertiary/aromatic N) is 3. The van der Waals surface area contributed by atoms with Crippen LogP contribution in [0.5, 0.6) is 0 Å². The van der Waals surface area contributed by atoms with Crippen molar-refractivity contribution in [2.24, 2.45) is 0 Å². The number of benzene rings is 2. The topological polar surface area (TPSA) is 66.7 Å². The second-order valence-corrected chi connectivity index (χ2v) is 8.39. The molecule has 0 fully saturated rings. The fraction of sp³-hybridized carbons (Fsp3) is 0.160. The molecule has 33 heavy (non-hydrogen) atoms. The van der Waals surface area contributed by atoms with E-state index in [9.17, 15) is 14.0 Å². The van der Waals surface area contributed by atoms with Gasteiger partial charge >= 0.3 is 0 Å². The maximum atomic E-state index is 13.2. The maximum absolute atomic E-state index is 13.2. The molecule has 1 aliphatic heterocycles. The Kier molecular flexibility index (Phi) is 5.56. The van der Waals surface area contributed by atoms with Gasteiger partial charge in [0.15, 0.2) is 0 Å². The summed E-state index contributed by atoms with van der Waals surface area (Å²) in [5.41, 5.74) is 4.17. The summed E-state index contributed by atoms with van der Waals surface area (Å²) in [5.74, 6) is -0.673. The monoisotopic (exact) mass is 462 g/mol. The third-order valence-electron chi connectivity index (χ3n) is 5.73. The molecule has 166 valence electrons. The molecule has 8 heteroatoms. The van der Waals surface area contributed by atoms with Crippen molar-refractivity contribution in [1.82, 2.24) is 9.38 Å². The van der Waals surface area contributed by atoms with Crippen molar-refractivity contribution in [3.05, 3.63) is 105 Å². The van der Waals surface area contributed by atoms with Crippen LogP contribution in [0.4, 0.5) is 15.8 Å².